The highest BCUT2D eigenvalue weighted by Gasteiger charge is 2.47. The molecule has 2 aromatic carbocycles. The first-order valence-electron chi connectivity index (χ1n) is 13.1. The second-order valence-electron chi connectivity index (χ2n) is 9.52. The van der Waals surface area contributed by atoms with Crippen LogP contribution in [0.4, 0.5) is 11.4 Å². The van der Waals surface area contributed by atoms with Crippen molar-refractivity contribution in [1.82, 2.24) is 0 Å². The van der Waals surface area contributed by atoms with Gasteiger partial charge in [-0.15, -0.1) is 0 Å². The number of aromatic nitrogens is 2. The van der Waals surface area contributed by atoms with Gasteiger partial charge in [-0.1, -0.05) is 24.3 Å². The number of ketones is 2. The molecular formula is C32H26N4O4+2. The highest BCUT2D eigenvalue weighted by atomic mass is 16.2. The number of para-hydroxylation sites is 2. The van der Waals surface area contributed by atoms with E-state index >= 15 is 0 Å². The Balaban J connectivity index is 1.60. The maximum atomic E-state index is 14.1. The number of hydrogen-bond acceptors (Lipinski definition) is 4. The van der Waals surface area contributed by atoms with E-state index in [9.17, 15) is 19.2 Å². The molecule has 2 amide bonds. The molecule has 0 N–H and O–H groups in total. The van der Waals surface area contributed by atoms with Gasteiger partial charge in [-0.05, 0) is 50.2 Å². The number of benzene rings is 2. The summed E-state index contributed by atoms with van der Waals surface area (Å²) in [6, 6.07) is 20.4. The van der Waals surface area contributed by atoms with Gasteiger partial charge in [0.1, 0.15) is 35.6 Å². The third-order valence-corrected chi connectivity index (χ3v) is 7.23. The molecule has 196 valence electrons. The number of Topliss-reactive ketones (excluding diaryl/α,β-unsaturated/α-hetero) is 2. The van der Waals surface area contributed by atoms with E-state index in [1.165, 1.54) is 9.80 Å². The Morgan fingerprint density at radius 2 is 1.00 bits per heavy atom. The third-order valence-electron chi connectivity index (χ3n) is 7.23. The average molecular weight is 531 g/mol. The van der Waals surface area contributed by atoms with Crippen molar-refractivity contribution in [2.24, 2.45) is 0 Å². The number of carbonyl (C=O) groups is 4. The first kappa shape index (κ1) is 25.1. The van der Waals surface area contributed by atoms with Crippen LogP contribution < -0.4 is 18.9 Å². The van der Waals surface area contributed by atoms with Crippen LogP contribution in [0.5, 0.6) is 0 Å². The largest absolute Gasteiger partial charge is 0.287 e. The van der Waals surface area contributed by atoms with Gasteiger partial charge in [0.2, 0.25) is 11.6 Å². The number of nitrogens with zero attached hydrogens (tertiary/aromatic N) is 4. The number of fused-ring (bicyclic) bond motifs is 2. The third kappa shape index (κ3) is 3.84. The molecule has 2 aliphatic heterocycles. The van der Waals surface area contributed by atoms with Gasteiger partial charge in [0.25, 0.3) is 11.8 Å². The molecule has 0 aliphatic carbocycles. The monoisotopic (exact) mass is 530 g/mol. The minimum Gasteiger partial charge on any atom is -0.287 e. The van der Waals surface area contributed by atoms with Crippen molar-refractivity contribution < 1.29 is 28.3 Å². The minimum atomic E-state index is -0.492. The molecule has 0 unspecified atom stereocenters. The lowest BCUT2D eigenvalue weighted by molar-refractivity contribution is -0.693. The van der Waals surface area contributed by atoms with Crippen LogP contribution in [0.1, 0.15) is 55.3 Å². The Morgan fingerprint density at radius 3 is 1.40 bits per heavy atom. The number of amides is 2. The van der Waals surface area contributed by atoms with Gasteiger partial charge < -0.3 is 0 Å². The summed E-state index contributed by atoms with van der Waals surface area (Å²) in [4.78, 5) is 58.8. The Kier molecular flexibility index (Phi) is 6.15. The van der Waals surface area contributed by atoms with Crippen LogP contribution in [0.3, 0.4) is 0 Å². The summed E-state index contributed by atoms with van der Waals surface area (Å²) in [5, 5.41) is 0. The smallest absolute Gasteiger partial charge is 0.269 e. The summed E-state index contributed by atoms with van der Waals surface area (Å²) in [7, 11) is 0. The van der Waals surface area contributed by atoms with Gasteiger partial charge in [-0.3, -0.25) is 29.0 Å². The molecule has 0 atom stereocenters. The molecule has 0 saturated carbocycles. The first-order valence-corrected chi connectivity index (χ1v) is 13.1. The van der Waals surface area contributed by atoms with Crippen molar-refractivity contribution >= 4 is 34.8 Å². The molecule has 0 spiro atoms. The Morgan fingerprint density at radius 1 is 0.600 bits per heavy atom. The molecule has 0 bridgehead atoms. The summed E-state index contributed by atoms with van der Waals surface area (Å²) in [6.07, 6.45) is 7.10. The molecular weight excluding hydrogens is 504 g/mol. The van der Waals surface area contributed by atoms with Crippen LogP contribution in [0, 0.1) is 0 Å². The lowest BCUT2D eigenvalue weighted by Crippen LogP contribution is -2.39. The number of hydrogen-bond donors (Lipinski definition) is 0. The van der Waals surface area contributed by atoms with E-state index in [-0.39, 0.29) is 22.5 Å². The molecule has 8 nitrogen and oxygen atoms in total. The predicted octanol–water partition coefficient (Wildman–Crippen LogP) is 3.90. The van der Waals surface area contributed by atoms with E-state index in [0.29, 0.717) is 35.6 Å². The number of allylic oxidation sites excluding steroid dienone is 2. The number of rotatable bonds is 4. The summed E-state index contributed by atoms with van der Waals surface area (Å²) in [6.45, 7) is 5.21. The van der Waals surface area contributed by atoms with Crippen molar-refractivity contribution in [3.8, 4) is 0 Å². The van der Waals surface area contributed by atoms with E-state index in [1.807, 2.05) is 35.4 Å². The van der Waals surface area contributed by atoms with Crippen molar-refractivity contribution in [2.75, 3.05) is 9.80 Å². The normalized spacial score (nSPS) is 15.8. The molecule has 2 aromatic heterocycles. The SMILES string of the molecule is CC[n+]1cccc(C(=O)N2/C(=C3\C(=O)c4ccccc4N3C(=O)c3ccc[n+](CC)c3)C(=O)c3ccccc32)c1. The molecule has 0 radical (unpaired) electrons. The molecule has 0 saturated heterocycles. The number of pyridine rings is 2. The maximum Gasteiger partial charge on any atom is 0.269 e. The van der Waals surface area contributed by atoms with E-state index < -0.39 is 23.4 Å². The zero-order valence-electron chi connectivity index (χ0n) is 22.1. The predicted molar refractivity (Wildman–Crippen MR) is 147 cm³/mol. The topological polar surface area (TPSA) is 82.5 Å². The van der Waals surface area contributed by atoms with Crippen LogP contribution >= 0.6 is 0 Å². The fraction of sp³-hybridized carbons (Fsp3) is 0.125. The summed E-state index contributed by atoms with van der Waals surface area (Å²) in [5.41, 5.74) is 1.74. The number of anilines is 2. The average Bonchev–Trinajstić information content (AvgIpc) is 3.46. The van der Waals surface area contributed by atoms with Crippen molar-refractivity contribution in [1.29, 1.82) is 0 Å². The van der Waals surface area contributed by atoms with Crippen molar-refractivity contribution in [3.05, 3.63) is 131 Å². The zero-order valence-corrected chi connectivity index (χ0v) is 22.1. The standard InChI is InChI=1S/C32H26N4O4/c1-3-33-17-9-11-21(19-33)31(39)35-25-15-7-5-13-23(25)29(37)27(35)28-30(38)24-14-6-8-16-26(24)36(28)32(40)22-12-10-18-34(4-2)20-22/h5-20H,3-4H2,1-2H3/q+2/b28-27+. The highest BCUT2D eigenvalue weighted by molar-refractivity contribution is 6.35. The lowest BCUT2D eigenvalue weighted by atomic mass is 10.1. The van der Waals surface area contributed by atoms with Crippen LogP contribution in [-0.2, 0) is 13.1 Å². The van der Waals surface area contributed by atoms with Crippen LogP contribution in [-0.4, -0.2) is 23.4 Å². The fourth-order valence-corrected chi connectivity index (χ4v) is 5.22. The van der Waals surface area contributed by atoms with Gasteiger partial charge in [-0.2, -0.15) is 0 Å². The fourth-order valence-electron chi connectivity index (χ4n) is 5.22. The van der Waals surface area contributed by atoms with Gasteiger partial charge in [0, 0.05) is 23.3 Å². The Hall–Kier alpha value is -5.24. The quantitative estimate of drug-likeness (QED) is 0.296. The first-order chi connectivity index (χ1) is 19.4. The zero-order chi connectivity index (χ0) is 28.0. The highest BCUT2D eigenvalue weighted by Crippen LogP contribution is 2.43. The van der Waals surface area contributed by atoms with Crippen LogP contribution in [0.15, 0.2) is 109 Å². The Bertz CT molecular complexity index is 1650. The molecule has 4 heterocycles. The van der Waals surface area contributed by atoms with E-state index in [4.69, 9.17) is 0 Å². The van der Waals surface area contributed by atoms with Gasteiger partial charge in [0.05, 0.1) is 11.4 Å². The molecule has 4 aromatic rings. The summed E-state index contributed by atoms with van der Waals surface area (Å²) in [5.74, 6) is -1.92. The Labute approximate surface area is 231 Å². The second-order valence-corrected chi connectivity index (χ2v) is 9.52. The van der Waals surface area contributed by atoms with E-state index in [2.05, 4.69) is 0 Å². The number of aryl methyl sites for hydroxylation is 2. The minimum absolute atomic E-state index is 0.132. The molecule has 40 heavy (non-hydrogen) atoms. The van der Waals surface area contributed by atoms with E-state index in [0.717, 1.165) is 0 Å². The van der Waals surface area contributed by atoms with Gasteiger partial charge >= 0.3 is 0 Å². The van der Waals surface area contributed by atoms with Crippen molar-refractivity contribution in [2.45, 2.75) is 26.9 Å². The molecule has 2 aliphatic rings. The molecule has 0 fully saturated rings. The molecule has 6 rings (SSSR count). The second kappa shape index (κ2) is 9.81. The maximum absolute atomic E-state index is 14.1. The van der Waals surface area contributed by atoms with Gasteiger partial charge in [0.15, 0.2) is 24.8 Å². The van der Waals surface area contributed by atoms with E-state index in [1.54, 1.807) is 85.2 Å². The molecule has 8 heteroatoms. The summed E-state index contributed by atoms with van der Waals surface area (Å²) < 4.78 is 3.71. The van der Waals surface area contributed by atoms with Crippen molar-refractivity contribution in [3.63, 3.8) is 0 Å². The lowest BCUT2D eigenvalue weighted by Gasteiger charge is -2.24. The number of carbonyl (C=O) groups excluding carboxylic acids is 4. The van der Waals surface area contributed by atoms with Crippen LogP contribution in [0.25, 0.3) is 0 Å². The van der Waals surface area contributed by atoms with Crippen LogP contribution in [0.2, 0.25) is 0 Å². The summed E-state index contributed by atoms with van der Waals surface area (Å²) >= 11 is 0. The van der Waals surface area contributed by atoms with Gasteiger partial charge in [-0.25, -0.2) is 9.13 Å².